The van der Waals surface area contributed by atoms with Gasteiger partial charge in [0.2, 0.25) is 5.91 Å². The zero-order valence-electron chi connectivity index (χ0n) is 6.82. The predicted molar refractivity (Wildman–Crippen MR) is 45.5 cm³/mol. The summed E-state index contributed by atoms with van der Waals surface area (Å²) in [4.78, 5) is 21.6. The number of amides is 1. The van der Waals surface area contributed by atoms with Crippen LogP contribution < -0.4 is 0 Å². The molecule has 0 aromatic heterocycles. The lowest BCUT2D eigenvalue weighted by Gasteiger charge is -2.34. The SMILES string of the molecule is CCOC(=O)C[C@@H]1CC(=O)N1S. The highest BCUT2D eigenvalue weighted by Gasteiger charge is 2.35. The molecule has 0 N–H and O–H groups in total. The maximum atomic E-state index is 10.9. The Morgan fingerprint density at radius 3 is 2.92 bits per heavy atom. The second-order valence-electron chi connectivity index (χ2n) is 2.61. The van der Waals surface area contributed by atoms with E-state index in [0.29, 0.717) is 13.0 Å². The van der Waals surface area contributed by atoms with E-state index in [-0.39, 0.29) is 24.3 Å². The first-order valence-corrected chi connectivity index (χ1v) is 4.21. The highest BCUT2D eigenvalue weighted by Crippen LogP contribution is 2.24. The average molecular weight is 189 g/mol. The van der Waals surface area contributed by atoms with Crippen LogP contribution in [0, 0.1) is 0 Å². The summed E-state index contributed by atoms with van der Waals surface area (Å²) in [7, 11) is 0. The molecule has 0 radical (unpaired) electrons. The second-order valence-corrected chi connectivity index (χ2v) is 3.04. The van der Waals surface area contributed by atoms with Crippen LogP contribution >= 0.6 is 12.8 Å². The Morgan fingerprint density at radius 2 is 2.50 bits per heavy atom. The molecule has 0 saturated carbocycles. The number of esters is 1. The zero-order chi connectivity index (χ0) is 9.14. The predicted octanol–water partition coefficient (Wildman–Crippen LogP) is 0.385. The van der Waals surface area contributed by atoms with E-state index in [2.05, 4.69) is 12.8 Å². The van der Waals surface area contributed by atoms with Crippen LogP contribution in [0.2, 0.25) is 0 Å². The minimum Gasteiger partial charge on any atom is -0.466 e. The minimum atomic E-state index is -0.269. The van der Waals surface area contributed by atoms with Gasteiger partial charge in [0.1, 0.15) is 0 Å². The van der Waals surface area contributed by atoms with Gasteiger partial charge in [0, 0.05) is 6.42 Å². The molecule has 1 saturated heterocycles. The Kier molecular flexibility index (Phi) is 2.97. The Balaban J connectivity index is 2.24. The van der Waals surface area contributed by atoms with Crippen molar-refractivity contribution >= 4 is 24.7 Å². The smallest absolute Gasteiger partial charge is 0.307 e. The Morgan fingerprint density at radius 1 is 1.83 bits per heavy atom. The summed E-state index contributed by atoms with van der Waals surface area (Å²) in [5.41, 5.74) is 0. The molecule has 1 aliphatic heterocycles. The van der Waals surface area contributed by atoms with Crippen LogP contribution in [0.15, 0.2) is 0 Å². The molecule has 1 amide bonds. The third-order valence-corrected chi connectivity index (χ3v) is 2.27. The molecule has 0 aliphatic carbocycles. The van der Waals surface area contributed by atoms with Crippen molar-refractivity contribution in [1.29, 1.82) is 0 Å². The van der Waals surface area contributed by atoms with E-state index in [0.717, 1.165) is 0 Å². The van der Waals surface area contributed by atoms with Crippen LogP contribution in [0.25, 0.3) is 0 Å². The Labute approximate surface area is 76.4 Å². The van der Waals surface area contributed by atoms with Gasteiger partial charge < -0.3 is 4.74 Å². The van der Waals surface area contributed by atoms with E-state index >= 15 is 0 Å². The molecule has 1 aliphatic rings. The average Bonchev–Trinajstić information content (AvgIpc) is 2.04. The molecular weight excluding hydrogens is 178 g/mol. The van der Waals surface area contributed by atoms with Crippen molar-refractivity contribution in [3.63, 3.8) is 0 Å². The van der Waals surface area contributed by atoms with Crippen molar-refractivity contribution in [2.24, 2.45) is 0 Å². The van der Waals surface area contributed by atoms with Gasteiger partial charge in [0.25, 0.3) is 0 Å². The van der Waals surface area contributed by atoms with Crippen molar-refractivity contribution < 1.29 is 14.3 Å². The number of carbonyl (C=O) groups excluding carboxylic acids is 2. The summed E-state index contributed by atoms with van der Waals surface area (Å²) < 4.78 is 6.00. The summed E-state index contributed by atoms with van der Waals surface area (Å²) >= 11 is 3.89. The first-order valence-electron chi connectivity index (χ1n) is 3.81. The summed E-state index contributed by atoms with van der Waals surface area (Å²) in [5.74, 6) is -0.304. The Bertz CT molecular complexity index is 207. The topological polar surface area (TPSA) is 46.6 Å². The first kappa shape index (κ1) is 9.38. The van der Waals surface area contributed by atoms with Crippen molar-refractivity contribution in [1.82, 2.24) is 4.31 Å². The second kappa shape index (κ2) is 3.80. The molecule has 5 heteroatoms. The summed E-state index contributed by atoms with van der Waals surface area (Å²) in [5, 5.41) is 0. The van der Waals surface area contributed by atoms with Gasteiger partial charge >= 0.3 is 5.97 Å². The van der Waals surface area contributed by atoms with Crippen molar-refractivity contribution in [3.8, 4) is 0 Å². The van der Waals surface area contributed by atoms with Gasteiger partial charge in [-0.25, -0.2) is 0 Å². The zero-order valence-corrected chi connectivity index (χ0v) is 7.71. The molecule has 4 nitrogen and oxygen atoms in total. The molecule has 0 bridgehead atoms. The number of nitrogens with zero attached hydrogens (tertiary/aromatic N) is 1. The van der Waals surface area contributed by atoms with Gasteiger partial charge in [-0.3, -0.25) is 13.9 Å². The van der Waals surface area contributed by atoms with E-state index in [1.807, 2.05) is 0 Å². The minimum absolute atomic E-state index is 0.0346. The van der Waals surface area contributed by atoms with Crippen LogP contribution in [0.5, 0.6) is 0 Å². The third-order valence-electron chi connectivity index (χ3n) is 1.72. The van der Waals surface area contributed by atoms with Crippen molar-refractivity contribution in [3.05, 3.63) is 0 Å². The number of ether oxygens (including phenoxy) is 1. The number of β-lactam (4-membered cyclic amide) rings is 1. The summed E-state index contributed by atoms with van der Waals surface area (Å²) in [6.07, 6.45) is 0.658. The number of hydrogen-bond donors (Lipinski definition) is 1. The van der Waals surface area contributed by atoms with Crippen LogP contribution in [0.4, 0.5) is 0 Å². The molecule has 1 fully saturated rings. The number of thiol groups is 1. The fraction of sp³-hybridized carbons (Fsp3) is 0.714. The van der Waals surface area contributed by atoms with Crippen molar-refractivity contribution in [2.45, 2.75) is 25.8 Å². The highest BCUT2D eigenvalue weighted by molar-refractivity contribution is 7.78. The van der Waals surface area contributed by atoms with E-state index in [4.69, 9.17) is 4.74 Å². The fourth-order valence-corrected chi connectivity index (χ4v) is 1.29. The molecule has 0 aromatic carbocycles. The molecule has 1 atom stereocenters. The molecule has 1 rings (SSSR count). The summed E-state index contributed by atoms with van der Waals surface area (Å²) in [6.45, 7) is 2.13. The van der Waals surface area contributed by atoms with Gasteiger partial charge in [-0.2, -0.15) is 0 Å². The number of carbonyl (C=O) groups is 2. The van der Waals surface area contributed by atoms with Crippen LogP contribution in [0.3, 0.4) is 0 Å². The maximum absolute atomic E-state index is 10.9. The van der Waals surface area contributed by atoms with Crippen molar-refractivity contribution in [2.75, 3.05) is 6.61 Å². The summed E-state index contributed by atoms with van der Waals surface area (Å²) in [6, 6.07) is -0.0696. The van der Waals surface area contributed by atoms with E-state index in [1.165, 1.54) is 4.31 Å². The monoisotopic (exact) mass is 189 g/mol. The van der Waals surface area contributed by atoms with E-state index in [9.17, 15) is 9.59 Å². The van der Waals surface area contributed by atoms with Crippen LogP contribution in [0.1, 0.15) is 19.8 Å². The van der Waals surface area contributed by atoms with Gasteiger partial charge in [-0.1, -0.05) is 12.8 Å². The standard InChI is InChI=1S/C7H11NO3S/c1-2-11-7(10)4-5-3-6(9)8(5)12/h5,12H,2-4H2,1H3/t5-/m0/s1. The number of rotatable bonds is 3. The lowest BCUT2D eigenvalue weighted by molar-refractivity contribution is -0.147. The largest absolute Gasteiger partial charge is 0.466 e. The normalized spacial score (nSPS) is 22.0. The number of hydrogen-bond acceptors (Lipinski definition) is 4. The van der Waals surface area contributed by atoms with E-state index in [1.54, 1.807) is 6.92 Å². The quantitative estimate of drug-likeness (QED) is 0.397. The van der Waals surface area contributed by atoms with Gasteiger partial charge in [-0.05, 0) is 6.92 Å². The Hall–Kier alpha value is -0.710. The van der Waals surface area contributed by atoms with Gasteiger partial charge in [-0.15, -0.1) is 0 Å². The molecule has 0 unspecified atom stereocenters. The van der Waals surface area contributed by atoms with Crippen LogP contribution in [-0.2, 0) is 14.3 Å². The van der Waals surface area contributed by atoms with Gasteiger partial charge in [0.05, 0.1) is 19.1 Å². The maximum Gasteiger partial charge on any atom is 0.307 e. The molecule has 0 spiro atoms. The first-order chi connectivity index (χ1) is 5.65. The lowest BCUT2D eigenvalue weighted by atomic mass is 10.0. The molecule has 0 aromatic rings. The fourth-order valence-electron chi connectivity index (χ4n) is 1.04. The highest BCUT2D eigenvalue weighted by atomic mass is 32.1. The molecular formula is C7H11NO3S. The van der Waals surface area contributed by atoms with Crippen LogP contribution in [-0.4, -0.2) is 28.8 Å². The van der Waals surface area contributed by atoms with Gasteiger partial charge in [0.15, 0.2) is 0 Å². The van der Waals surface area contributed by atoms with E-state index < -0.39 is 0 Å². The third kappa shape index (κ3) is 1.91. The lowest BCUT2D eigenvalue weighted by Crippen LogP contribution is -2.47. The molecule has 68 valence electrons. The molecule has 12 heavy (non-hydrogen) atoms. The molecule has 1 heterocycles.